The summed E-state index contributed by atoms with van der Waals surface area (Å²) in [4.78, 5) is 11.6. The van der Waals surface area contributed by atoms with Crippen LogP contribution in [0.25, 0.3) is 0 Å². The quantitative estimate of drug-likeness (QED) is 0.515. The zero-order chi connectivity index (χ0) is 10.4. The number of nitrogens with zero attached hydrogens (tertiary/aromatic N) is 3. The predicted molar refractivity (Wildman–Crippen MR) is 54.1 cm³/mol. The number of rotatable bonds is 6. The van der Waals surface area contributed by atoms with Crippen LogP contribution in [0.3, 0.4) is 0 Å². The predicted octanol–water partition coefficient (Wildman–Crippen LogP) is 1.97. The first kappa shape index (κ1) is 10.9. The number of unbranched alkanes of at least 4 members (excludes halogenated alkanes) is 3. The second-order valence-corrected chi connectivity index (χ2v) is 3.48. The third kappa shape index (κ3) is 2.94. The summed E-state index contributed by atoms with van der Waals surface area (Å²) >= 11 is 0. The number of carbonyl (C=O) groups excluding carboxylic acids is 1. The number of carbonyl (C=O) groups is 1. The van der Waals surface area contributed by atoms with Gasteiger partial charge in [-0.05, 0) is 6.42 Å². The van der Waals surface area contributed by atoms with E-state index in [0.29, 0.717) is 12.1 Å². The highest BCUT2D eigenvalue weighted by Crippen LogP contribution is 2.07. The van der Waals surface area contributed by atoms with Crippen molar-refractivity contribution in [2.24, 2.45) is 7.05 Å². The Bertz CT molecular complexity index is 293. The Kier molecular flexibility index (Phi) is 4.29. The molecule has 78 valence electrons. The molecule has 1 aromatic heterocycles. The van der Waals surface area contributed by atoms with Crippen LogP contribution >= 0.6 is 0 Å². The van der Waals surface area contributed by atoms with Gasteiger partial charge in [0.25, 0.3) is 0 Å². The van der Waals surface area contributed by atoms with E-state index in [1.165, 1.54) is 23.7 Å². The van der Waals surface area contributed by atoms with Crippen LogP contribution in [-0.2, 0) is 7.05 Å². The van der Waals surface area contributed by atoms with Crippen LogP contribution in [0.15, 0.2) is 6.20 Å². The SMILES string of the molecule is CCCCCCC(=O)c1cnnn1C. The molecule has 0 aromatic carbocycles. The first-order chi connectivity index (χ1) is 6.75. The smallest absolute Gasteiger partial charge is 0.182 e. The number of aryl methyl sites for hydroxylation is 1. The van der Waals surface area contributed by atoms with Crippen molar-refractivity contribution in [3.8, 4) is 0 Å². The molecule has 4 heteroatoms. The third-order valence-electron chi connectivity index (χ3n) is 2.26. The fraction of sp³-hybridized carbons (Fsp3) is 0.700. The zero-order valence-electron chi connectivity index (χ0n) is 8.86. The second kappa shape index (κ2) is 5.52. The average Bonchev–Trinajstić information content (AvgIpc) is 2.59. The Morgan fingerprint density at radius 3 is 2.79 bits per heavy atom. The molecule has 0 spiro atoms. The average molecular weight is 195 g/mol. The van der Waals surface area contributed by atoms with Crippen molar-refractivity contribution in [3.05, 3.63) is 11.9 Å². The molecule has 4 nitrogen and oxygen atoms in total. The molecule has 0 saturated carbocycles. The van der Waals surface area contributed by atoms with Crippen molar-refractivity contribution in [2.45, 2.75) is 39.0 Å². The Morgan fingerprint density at radius 2 is 2.21 bits per heavy atom. The molecule has 1 aromatic rings. The summed E-state index contributed by atoms with van der Waals surface area (Å²) in [5.74, 6) is 0.147. The molecule has 0 atom stereocenters. The van der Waals surface area contributed by atoms with Crippen molar-refractivity contribution in [3.63, 3.8) is 0 Å². The molecule has 0 saturated heterocycles. The lowest BCUT2D eigenvalue weighted by atomic mass is 10.1. The van der Waals surface area contributed by atoms with E-state index in [-0.39, 0.29) is 5.78 Å². The second-order valence-electron chi connectivity index (χ2n) is 3.48. The van der Waals surface area contributed by atoms with Crippen molar-refractivity contribution in [1.29, 1.82) is 0 Å². The maximum Gasteiger partial charge on any atom is 0.182 e. The standard InChI is InChI=1S/C10H17N3O/c1-3-4-5-6-7-10(14)9-8-11-12-13(9)2/h8H,3-7H2,1-2H3. The van der Waals surface area contributed by atoms with Crippen LogP contribution in [0.2, 0.25) is 0 Å². The summed E-state index contributed by atoms with van der Waals surface area (Å²) < 4.78 is 1.53. The van der Waals surface area contributed by atoms with Gasteiger partial charge in [-0.3, -0.25) is 4.79 Å². The summed E-state index contributed by atoms with van der Waals surface area (Å²) in [6.45, 7) is 2.16. The van der Waals surface area contributed by atoms with E-state index >= 15 is 0 Å². The topological polar surface area (TPSA) is 47.8 Å². The molecule has 0 aliphatic rings. The lowest BCUT2D eigenvalue weighted by Gasteiger charge is -1.99. The Balaban J connectivity index is 2.32. The van der Waals surface area contributed by atoms with E-state index < -0.39 is 0 Å². The maximum absolute atomic E-state index is 11.6. The molecule has 0 radical (unpaired) electrons. The fourth-order valence-corrected chi connectivity index (χ4v) is 1.38. The van der Waals surface area contributed by atoms with Crippen LogP contribution in [0, 0.1) is 0 Å². The highest BCUT2D eigenvalue weighted by atomic mass is 16.1. The number of hydrogen-bond donors (Lipinski definition) is 0. The minimum Gasteiger partial charge on any atom is -0.292 e. The van der Waals surface area contributed by atoms with Crippen LogP contribution in [0.5, 0.6) is 0 Å². The monoisotopic (exact) mass is 195 g/mol. The Labute approximate surface area is 84.3 Å². The van der Waals surface area contributed by atoms with Crippen molar-refractivity contribution in [1.82, 2.24) is 15.0 Å². The Hall–Kier alpha value is -1.19. The lowest BCUT2D eigenvalue weighted by molar-refractivity contribution is 0.0970. The van der Waals surface area contributed by atoms with Gasteiger partial charge in [0.1, 0.15) is 5.69 Å². The molecule has 1 rings (SSSR count). The first-order valence-corrected chi connectivity index (χ1v) is 5.13. The van der Waals surface area contributed by atoms with E-state index in [1.54, 1.807) is 7.05 Å². The van der Waals surface area contributed by atoms with Gasteiger partial charge < -0.3 is 0 Å². The maximum atomic E-state index is 11.6. The molecule has 14 heavy (non-hydrogen) atoms. The minimum absolute atomic E-state index is 0.147. The van der Waals surface area contributed by atoms with Gasteiger partial charge in [0.05, 0.1) is 6.20 Å². The largest absolute Gasteiger partial charge is 0.292 e. The molecule has 0 amide bonds. The lowest BCUT2D eigenvalue weighted by Crippen LogP contribution is -2.06. The summed E-state index contributed by atoms with van der Waals surface area (Å²) in [6.07, 6.45) is 6.65. The Morgan fingerprint density at radius 1 is 1.43 bits per heavy atom. The van der Waals surface area contributed by atoms with Crippen LogP contribution in [-0.4, -0.2) is 20.8 Å². The van der Waals surface area contributed by atoms with Gasteiger partial charge in [-0.1, -0.05) is 31.4 Å². The molecule has 0 N–H and O–H groups in total. The van der Waals surface area contributed by atoms with Gasteiger partial charge >= 0.3 is 0 Å². The first-order valence-electron chi connectivity index (χ1n) is 5.13. The van der Waals surface area contributed by atoms with Gasteiger partial charge in [-0.25, -0.2) is 4.68 Å². The van der Waals surface area contributed by atoms with E-state index in [0.717, 1.165) is 12.8 Å². The fourth-order valence-electron chi connectivity index (χ4n) is 1.38. The molecule has 1 heterocycles. The summed E-state index contributed by atoms with van der Waals surface area (Å²) in [5.41, 5.74) is 0.612. The summed E-state index contributed by atoms with van der Waals surface area (Å²) in [7, 11) is 1.74. The van der Waals surface area contributed by atoms with Gasteiger partial charge in [0.2, 0.25) is 0 Å². The van der Waals surface area contributed by atoms with E-state index in [2.05, 4.69) is 17.2 Å². The molecular weight excluding hydrogens is 178 g/mol. The van der Waals surface area contributed by atoms with Gasteiger partial charge in [-0.2, -0.15) is 0 Å². The zero-order valence-corrected chi connectivity index (χ0v) is 8.86. The van der Waals surface area contributed by atoms with E-state index in [4.69, 9.17) is 0 Å². The van der Waals surface area contributed by atoms with Crippen LogP contribution in [0.4, 0.5) is 0 Å². The minimum atomic E-state index is 0.147. The molecule has 0 fully saturated rings. The number of hydrogen-bond acceptors (Lipinski definition) is 3. The van der Waals surface area contributed by atoms with Crippen LogP contribution in [0.1, 0.15) is 49.5 Å². The molecule has 0 aliphatic carbocycles. The number of ketones is 1. The van der Waals surface area contributed by atoms with Crippen molar-refractivity contribution in [2.75, 3.05) is 0 Å². The van der Waals surface area contributed by atoms with E-state index in [9.17, 15) is 4.79 Å². The number of aromatic nitrogens is 3. The number of Topliss-reactive ketones (excluding diaryl/α,β-unsaturated/α-hetero) is 1. The van der Waals surface area contributed by atoms with Gasteiger partial charge in [0, 0.05) is 13.5 Å². The van der Waals surface area contributed by atoms with E-state index in [1.807, 2.05) is 0 Å². The van der Waals surface area contributed by atoms with Crippen LogP contribution < -0.4 is 0 Å². The summed E-state index contributed by atoms with van der Waals surface area (Å²) in [5, 5.41) is 7.41. The van der Waals surface area contributed by atoms with Crippen molar-refractivity contribution >= 4 is 5.78 Å². The normalized spacial score (nSPS) is 10.4. The van der Waals surface area contributed by atoms with Gasteiger partial charge in [-0.15, -0.1) is 5.10 Å². The molecule has 0 aliphatic heterocycles. The van der Waals surface area contributed by atoms with Crippen molar-refractivity contribution < 1.29 is 4.79 Å². The molecule has 0 bridgehead atoms. The highest BCUT2D eigenvalue weighted by Gasteiger charge is 2.09. The summed E-state index contributed by atoms with van der Waals surface area (Å²) in [6, 6.07) is 0. The molecule has 0 unspecified atom stereocenters. The molecular formula is C10H17N3O. The highest BCUT2D eigenvalue weighted by molar-refractivity contribution is 5.94. The third-order valence-corrected chi connectivity index (χ3v) is 2.26. The van der Waals surface area contributed by atoms with Gasteiger partial charge in [0.15, 0.2) is 5.78 Å².